The summed E-state index contributed by atoms with van der Waals surface area (Å²) in [5.41, 5.74) is 3.70. The Morgan fingerprint density at radius 3 is 2.31 bits per heavy atom. The second-order valence-corrected chi connectivity index (χ2v) is 3.37. The van der Waals surface area contributed by atoms with E-state index in [-0.39, 0.29) is 0 Å². The highest BCUT2D eigenvalue weighted by atomic mass is 14.8. The van der Waals surface area contributed by atoms with Gasteiger partial charge in [0.1, 0.15) is 0 Å². The van der Waals surface area contributed by atoms with Crippen molar-refractivity contribution in [2.24, 2.45) is 0 Å². The molecule has 0 rings (SSSR count). The zero-order chi connectivity index (χ0) is 10.3. The normalized spacial score (nSPS) is 12.9. The average molecular weight is 179 g/mol. The van der Waals surface area contributed by atoms with Crippen LogP contribution in [0.1, 0.15) is 33.6 Å². The maximum atomic E-state index is 3.83. The van der Waals surface area contributed by atoms with Crippen LogP contribution in [0.4, 0.5) is 0 Å². The Labute approximate surface area is 82.2 Å². The van der Waals surface area contributed by atoms with Crippen molar-refractivity contribution in [3.63, 3.8) is 0 Å². The van der Waals surface area contributed by atoms with Gasteiger partial charge >= 0.3 is 0 Å². The molecule has 0 amide bonds. The summed E-state index contributed by atoms with van der Waals surface area (Å²) in [7, 11) is 1.96. The van der Waals surface area contributed by atoms with Crippen molar-refractivity contribution in [3.8, 4) is 0 Å². The van der Waals surface area contributed by atoms with Crippen LogP contribution in [0.2, 0.25) is 0 Å². The average Bonchev–Trinajstić information content (AvgIpc) is 2.05. The van der Waals surface area contributed by atoms with Gasteiger partial charge in [-0.15, -0.1) is 0 Å². The molecule has 0 aromatic carbocycles. The number of hydrogen-bond acceptors (Lipinski definition) is 1. The summed E-state index contributed by atoms with van der Waals surface area (Å²) in [5, 5.41) is 3.19. The lowest BCUT2D eigenvalue weighted by Gasteiger charge is -2.06. The first kappa shape index (κ1) is 12.0. The zero-order valence-electron chi connectivity index (χ0n) is 9.28. The quantitative estimate of drug-likeness (QED) is 0.638. The third-order valence-corrected chi connectivity index (χ3v) is 1.89. The fourth-order valence-corrected chi connectivity index (χ4v) is 1.17. The molecule has 0 aromatic heterocycles. The van der Waals surface area contributed by atoms with Gasteiger partial charge in [-0.1, -0.05) is 37.1 Å². The maximum absolute atomic E-state index is 3.83. The number of hydrogen-bond donors (Lipinski definition) is 1. The van der Waals surface area contributed by atoms with Crippen molar-refractivity contribution in [2.75, 3.05) is 7.05 Å². The monoisotopic (exact) mass is 179 g/mol. The minimum atomic E-state index is 1.08. The van der Waals surface area contributed by atoms with E-state index in [4.69, 9.17) is 0 Å². The zero-order valence-corrected chi connectivity index (χ0v) is 9.28. The van der Waals surface area contributed by atoms with Gasteiger partial charge < -0.3 is 5.32 Å². The van der Waals surface area contributed by atoms with Crippen LogP contribution < -0.4 is 5.32 Å². The lowest BCUT2D eigenvalue weighted by molar-refractivity contribution is 0.867. The molecule has 1 heteroatoms. The predicted octanol–water partition coefficient (Wildman–Crippen LogP) is 3.41. The van der Waals surface area contributed by atoms with Gasteiger partial charge in [0.2, 0.25) is 0 Å². The predicted molar refractivity (Wildman–Crippen MR) is 60.6 cm³/mol. The van der Waals surface area contributed by atoms with E-state index < -0.39 is 0 Å². The van der Waals surface area contributed by atoms with Crippen molar-refractivity contribution in [1.29, 1.82) is 0 Å². The van der Waals surface area contributed by atoms with Crippen molar-refractivity contribution in [1.82, 2.24) is 5.32 Å². The molecule has 0 aliphatic carbocycles. The van der Waals surface area contributed by atoms with E-state index in [2.05, 4.69) is 31.8 Å². The smallest absolute Gasteiger partial charge is 0.0326 e. The summed E-state index contributed by atoms with van der Waals surface area (Å²) in [6, 6.07) is 0. The van der Waals surface area contributed by atoms with Gasteiger partial charge in [0.25, 0.3) is 0 Å². The van der Waals surface area contributed by atoms with E-state index in [1.165, 1.54) is 17.7 Å². The van der Waals surface area contributed by atoms with E-state index in [9.17, 15) is 0 Å². The highest BCUT2D eigenvalue weighted by Crippen LogP contribution is 2.09. The molecule has 0 atom stereocenters. The van der Waals surface area contributed by atoms with E-state index >= 15 is 0 Å². The maximum Gasteiger partial charge on any atom is 0.0326 e. The highest BCUT2D eigenvalue weighted by molar-refractivity contribution is 5.27. The molecule has 0 unspecified atom stereocenters. The fraction of sp³-hybridized carbons (Fsp3) is 0.500. The van der Waals surface area contributed by atoms with Crippen LogP contribution in [0.5, 0.6) is 0 Å². The van der Waals surface area contributed by atoms with E-state index in [1.807, 2.05) is 20.0 Å². The molecule has 0 saturated carbocycles. The molecule has 0 heterocycles. The molecule has 0 saturated heterocycles. The SMILES string of the molecule is C=C(C)/C=C/C(NC)=C(/C)CCC. The Balaban J connectivity index is 4.48. The second kappa shape index (κ2) is 6.53. The van der Waals surface area contributed by atoms with Crippen LogP contribution in [0.15, 0.2) is 35.6 Å². The standard InChI is InChI=1S/C12H21N/c1-6-7-11(4)12(13-5)9-8-10(2)3/h8-9,13H,2,6-7H2,1,3-5H3/b9-8+,12-11+. The lowest BCUT2D eigenvalue weighted by Crippen LogP contribution is -2.05. The summed E-state index contributed by atoms with van der Waals surface area (Å²) in [5.74, 6) is 0. The first-order valence-corrected chi connectivity index (χ1v) is 4.82. The Bertz CT molecular complexity index is 221. The van der Waals surface area contributed by atoms with Crippen LogP contribution in [-0.2, 0) is 0 Å². The molecule has 0 radical (unpaired) electrons. The Morgan fingerprint density at radius 2 is 1.92 bits per heavy atom. The Kier molecular flexibility index (Phi) is 6.03. The van der Waals surface area contributed by atoms with Gasteiger partial charge in [-0.2, -0.15) is 0 Å². The molecule has 13 heavy (non-hydrogen) atoms. The number of rotatable bonds is 5. The molecule has 0 bridgehead atoms. The van der Waals surface area contributed by atoms with Crippen LogP contribution >= 0.6 is 0 Å². The molecule has 0 aliphatic rings. The first-order valence-electron chi connectivity index (χ1n) is 4.82. The van der Waals surface area contributed by atoms with Gasteiger partial charge in [-0.3, -0.25) is 0 Å². The molecule has 1 nitrogen and oxygen atoms in total. The van der Waals surface area contributed by atoms with Gasteiger partial charge in [-0.25, -0.2) is 0 Å². The first-order chi connectivity index (χ1) is 6.11. The summed E-state index contributed by atoms with van der Waals surface area (Å²) < 4.78 is 0. The molecule has 0 aliphatic heterocycles. The Hall–Kier alpha value is -0.980. The summed E-state index contributed by atoms with van der Waals surface area (Å²) >= 11 is 0. The molecular formula is C12H21N. The fourth-order valence-electron chi connectivity index (χ4n) is 1.17. The largest absolute Gasteiger partial charge is 0.388 e. The van der Waals surface area contributed by atoms with Crippen molar-refractivity contribution in [2.45, 2.75) is 33.6 Å². The van der Waals surface area contributed by atoms with Crippen LogP contribution in [-0.4, -0.2) is 7.05 Å². The molecule has 0 spiro atoms. The summed E-state index contributed by atoms with van der Waals surface area (Å²) in [6.07, 6.45) is 6.47. The minimum absolute atomic E-state index is 1.08. The van der Waals surface area contributed by atoms with Gasteiger partial charge in [-0.05, 0) is 26.3 Å². The van der Waals surface area contributed by atoms with Crippen molar-refractivity contribution >= 4 is 0 Å². The number of likely N-dealkylation sites (N-methyl/N-ethyl adjacent to an activating group) is 1. The second-order valence-electron chi connectivity index (χ2n) is 3.37. The summed E-state index contributed by atoms with van der Waals surface area (Å²) in [4.78, 5) is 0. The minimum Gasteiger partial charge on any atom is -0.388 e. The van der Waals surface area contributed by atoms with Crippen molar-refractivity contribution in [3.05, 3.63) is 35.6 Å². The summed E-state index contributed by atoms with van der Waals surface area (Å²) in [6.45, 7) is 10.2. The van der Waals surface area contributed by atoms with E-state index in [0.717, 1.165) is 12.0 Å². The topological polar surface area (TPSA) is 12.0 Å². The Morgan fingerprint density at radius 1 is 1.31 bits per heavy atom. The van der Waals surface area contributed by atoms with Gasteiger partial charge in [0.15, 0.2) is 0 Å². The van der Waals surface area contributed by atoms with Crippen molar-refractivity contribution < 1.29 is 0 Å². The van der Waals surface area contributed by atoms with Gasteiger partial charge in [0, 0.05) is 12.7 Å². The van der Waals surface area contributed by atoms with E-state index in [1.54, 1.807) is 0 Å². The third-order valence-electron chi connectivity index (χ3n) is 1.89. The van der Waals surface area contributed by atoms with E-state index in [0.29, 0.717) is 0 Å². The molecule has 1 N–H and O–H groups in total. The molecule has 0 fully saturated rings. The molecule has 74 valence electrons. The third kappa shape index (κ3) is 5.29. The molecule has 0 aromatic rings. The van der Waals surface area contributed by atoms with Gasteiger partial charge in [0.05, 0.1) is 0 Å². The van der Waals surface area contributed by atoms with Crippen LogP contribution in [0.3, 0.4) is 0 Å². The number of nitrogens with one attached hydrogen (secondary N) is 1. The lowest BCUT2D eigenvalue weighted by atomic mass is 10.1. The molecular weight excluding hydrogens is 158 g/mol. The number of allylic oxidation sites excluding steroid dienone is 4. The highest BCUT2D eigenvalue weighted by Gasteiger charge is 1.94. The van der Waals surface area contributed by atoms with Crippen LogP contribution in [0, 0.1) is 0 Å². The van der Waals surface area contributed by atoms with Crippen LogP contribution in [0.25, 0.3) is 0 Å².